The van der Waals surface area contributed by atoms with E-state index < -0.39 is 17.2 Å². The Hall–Kier alpha value is -4.66. The van der Waals surface area contributed by atoms with Crippen LogP contribution in [-0.4, -0.2) is 24.5 Å². The zero-order valence-electron chi connectivity index (χ0n) is 16.8. The Bertz CT molecular complexity index is 1380. The fourth-order valence-electron chi connectivity index (χ4n) is 2.88. The molecule has 0 spiro atoms. The summed E-state index contributed by atoms with van der Waals surface area (Å²) in [6.07, 6.45) is 3.44. The van der Waals surface area contributed by atoms with Crippen molar-refractivity contribution >= 4 is 28.5 Å². The smallest absolute Gasteiger partial charge is 0.269 e. The predicted octanol–water partition coefficient (Wildman–Crippen LogP) is 1.72. The number of nitriles is 1. The molecular weight excluding hydrogens is 420 g/mol. The highest BCUT2D eigenvalue weighted by molar-refractivity contribution is 5.79. The number of pyridine rings is 1. The predicted molar refractivity (Wildman–Crippen MR) is 114 cm³/mol. The van der Waals surface area contributed by atoms with Crippen molar-refractivity contribution in [1.82, 2.24) is 24.5 Å². The third kappa shape index (κ3) is 4.12. The molecule has 4 rings (SSSR count). The van der Waals surface area contributed by atoms with Crippen molar-refractivity contribution in [3.63, 3.8) is 0 Å². The number of aryl methyl sites for hydroxylation is 1. The highest BCUT2D eigenvalue weighted by Gasteiger charge is 2.17. The summed E-state index contributed by atoms with van der Waals surface area (Å²) in [6.45, 7) is 1.79. The van der Waals surface area contributed by atoms with E-state index in [-0.39, 0.29) is 34.1 Å². The second-order valence-corrected chi connectivity index (χ2v) is 6.33. The van der Waals surface area contributed by atoms with Gasteiger partial charge >= 0.3 is 0 Å². The van der Waals surface area contributed by atoms with Crippen LogP contribution >= 0.6 is 0 Å². The van der Waals surface area contributed by atoms with Crippen molar-refractivity contribution in [2.24, 2.45) is 0 Å². The first-order valence-electron chi connectivity index (χ1n) is 9.17. The fourth-order valence-corrected chi connectivity index (χ4v) is 2.88. The highest BCUT2D eigenvalue weighted by atomic mass is 19.1. The summed E-state index contributed by atoms with van der Waals surface area (Å²) in [7, 11) is 0. The van der Waals surface area contributed by atoms with E-state index in [1.54, 1.807) is 31.3 Å². The van der Waals surface area contributed by atoms with Gasteiger partial charge in [-0.05, 0) is 24.3 Å². The lowest BCUT2D eigenvalue weighted by Gasteiger charge is -2.12. The maximum atomic E-state index is 13.9. The van der Waals surface area contributed by atoms with Crippen molar-refractivity contribution < 1.29 is 8.78 Å². The summed E-state index contributed by atoms with van der Waals surface area (Å²) >= 11 is 0. The first kappa shape index (κ1) is 22.0. The molecule has 12 heteroatoms. The quantitative estimate of drug-likeness (QED) is 0.421. The monoisotopic (exact) mass is 437 g/mol. The summed E-state index contributed by atoms with van der Waals surface area (Å²) in [5.41, 5.74) is 15.5. The Morgan fingerprint density at radius 3 is 2.28 bits per heavy atom. The lowest BCUT2D eigenvalue weighted by Crippen LogP contribution is -2.25. The fraction of sp³-hybridized carbons (Fsp3) is 0.100. The second-order valence-electron chi connectivity index (χ2n) is 6.33. The first-order chi connectivity index (χ1) is 15.3. The van der Waals surface area contributed by atoms with Gasteiger partial charge in [0.1, 0.15) is 51.6 Å². The largest absolute Gasteiger partial charge is 0.382 e. The lowest BCUT2D eigenvalue weighted by atomic mass is 10.2. The number of fused-ring (bicyclic) bond motifs is 1. The summed E-state index contributed by atoms with van der Waals surface area (Å²) < 4.78 is 29.0. The molecule has 3 heterocycles. The first-order valence-corrected chi connectivity index (χ1v) is 9.17. The normalized spacial score (nSPS) is 10.3. The number of halogens is 2. The van der Waals surface area contributed by atoms with Crippen molar-refractivity contribution in [3.8, 4) is 11.8 Å². The third-order valence-corrected chi connectivity index (χ3v) is 4.31. The van der Waals surface area contributed by atoms with Crippen LogP contribution in [0.15, 0.2) is 41.5 Å². The number of nitrogens with zero attached hydrogens (tertiary/aromatic N) is 6. The molecule has 0 bridgehead atoms. The average Bonchev–Trinajstić information content (AvgIpc) is 2.76. The highest BCUT2D eigenvalue weighted by Crippen LogP contribution is 2.18. The molecule has 162 valence electrons. The molecule has 0 aliphatic heterocycles. The van der Waals surface area contributed by atoms with Crippen molar-refractivity contribution in [2.75, 3.05) is 17.2 Å². The van der Waals surface area contributed by atoms with Gasteiger partial charge in [-0.25, -0.2) is 13.8 Å². The van der Waals surface area contributed by atoms with Gasteiger partial charge in [0, 0.05) is 12.6 Å². The maximum absolute atomic E-state index is 13.9. The molecule has 0 unspecified atom stereocenters. The minimum atomic E-state index is -0.788. The van der Waals surface area contributed by atoms with Crippen LogP contribution in [0.25, 0.3) is 16.6 Å². The van der Waals surface area contributed by atoms with Crippen LogP contribution in [0.1, 0.15) is 18.3 Å². The van der Waals surface area contributed by atoms with Gasteiger partial charge in [-0.3, -0.25) is 14.3 Å². The molecule has 0 saturated heterocycles. The van der Waals surface area contributed by atoms with E-state index in [1.165, 1.54) is 10.8 Å². The molecule has 10 nitrogen and oxygen atoms in total. The Kier molecular flexibility index (Phi) is 6.20. The van der Waals surface area contributed by atoms with Crippen molar-refractivity contribution in [2.45, 2.75) is 13.3 Å². The van der Waals surface area contributed by atoms with Gasteiger partial charge in [0.15, 0.2) is 0 Å². The van der Waals surface area contributed by atoms with Gasteiger partial charge in [0.05, 0.1) is 11.9 Å². The summed E-state index contributed by atoms with van der Waals surface area (Å²) in [4.78, 5) is 27.7. The number of hydrogen-bond donors (Lipinski definition) is 3. The van der Waals surface area contributed by atoms with Crippen LogP contribution in [0.2, 0.25) is 0 Å². The number of benzene rings is 1. The van der Waals surface area contributed by atoms with Crippen LogP contribution in [-0.2, 0) is 6.42 Å². The number of hydrogen-bond acceptors (Lipinski definition) is 9. The minimum absolute atomic E-state index is 0.0116. The Balaban J connectivity index is 0.000000222. The molecule has 0 aliphatic carbocycles. The van der Waals surface area contributed by atoms with Crippen LogP contribution in [0.3, 0.4) is 0 Å². The summed E-state index contributed by atoms with van der Waals surface area (Å²) in [6, 6.07) is 6.99. The van der Waals surface area contributed by atoms with Gasteiger partial charge in [-0.1, -0.05) is 6.92 Å². The van der Waals surface area contributed by atoms with Gasteiger partial charge in [0.2, 0.25) is 5.95 Å². The van der Waals surface area contributed by atoms with Gasteiger partial charge < -0.3 is 17.2 Å². The molecule has 1 aromatic carbocycles. The Morgan fingerprint density at radius 2 is 1.72 bits per heavy atom. The lowest BCUT2D eigenvalue weighted by molar-refractivity contribution is 0.611. The molecule has 0 aliphatic rings. The molecular formula is C20H17F2N9O. The van der Waals surface area contributed by atoms with Crippen LogP contribution in [0, 0.1) is 23.0 Å². The number of aromatic nitrogens is 5. The van der Waals surface area contributed by atoms with E-state index in [0.717, 1.165) is 12.1 Å². The molecule has 4 aromatic rings. The second kappa shape index (κ2) is 9.00. The van der Waals surface area contributed by atoms with Gasteiger partial charge in [0.25, 0.3) is 5.56 Å². The number of nitrogens with two attached hydrogens (primary N) is 3. The molecule has 0 saturated carbocycles. The van der Waals surface area contributed by atoms with Crippen LogP contribution in [0.5, 0.6) is 0 Å². The van der Waals surface area contributed by atoms with E-state index in [0.29, 0.717) is 17.9 Å². The third-order valence-electron chi connectivity index (χ3n) is 4.31. The van der Waals surface area contributed by atoms with Gasteiger partial charge in [-0.15, -0.1) is 0 Å². The van der Waals surface area contributed by atoms with Crippen LogP contribution < -0.4 is 22.8 Å². The topological polar surface area (TPSA) is 175 Å². The van der Waals surface area contributed by atoms with Gasteiger partial charge in [-0.2, -0.15) is 15.2 Å². The molecule has 3 aromatic heterocycles. The molecule has 0 atom stereocenters. The van der Waals surface area contributed by atoms with E-state index in [1.807, 2.05) is 0 Å². The van der Waals surface area contributed by atoms with E-state index in [4.69, 9.17) is 22.5 Å². The number of rotatable bonds is 2. The molecule has 6 N–H and O–H groups in total. The Morgan fingerprint density at radius 1 is 1.06 bits per heavy atom. The molecule has 0 amide bonds. The van der Waals surface area contributed by atoms with Crippen molar-refractivity contribution in [3.05, 3.63) is 70.0 Å². The summed E-state index contributed by atoms with van der Waals surface area (Å²) in [5.74, 6) is -1.15. The average molecular weight is 437 g/mol. The zero-order chi connectivity index (χ0) is 23.4. The molecule has 0 radical (unpaired) electrons. The maximum Gasteiger partial charge on any atom is 0.269 e. The van der Waals surface area contributed by atoms with E-state index in [9.17, 15) is 13.6 Å². The SMILES string of the molecule is CCc1nc2c(F)ccc(F)c2c(=O)n1-c1cccnc1.N#Cc1c(N)nc(N)nc1N. The summed E-state index contributed by atoms with van der Waals surface area (Å²) in [5, 5.41) is 8.11. The van der Waals surface area contributed by atoms with E-state index in [2.05, 4.69) is 19.9 Å². The molecule has 32 heavy (non-hydrogen) atoms. The Labute approximate surface area is 180 Å². The molecule has 0 fully saturated rings. The van der Waals surface area contributed by atoms with Crippen molar-refractivity contribution in [1.29, 1.82) is 5.26 Å². The number of nitrogen functional groups attached to an aromatic ring is 3. The standard InChI is InChI=1S/C15H11F2N3O.C5H6N6/c1-2-12-19-14-11(17)6-5-10(16)13(14)15(21)20(12)9-4-3-7-18-8-9;6-1-2-3(7)10-5(9)11-4(2)8/h3-8H,2H2,1H3;(H6,7,8,9,10,11). The minimum Gasteiger partial charge on any atom is -0.382 e. The van der Waals surface area contributed by atoms with Crippen LogP contribution in [0.4, 0.5) is 26.4 Å². The van der Waals surface area contributed by atoms with E-state index >= 15 is 0 Å². The number of anilines is 3. The zero-order valence-corrected chi connectivity index (χ0v) is 16.8.